The van der Waals surface area contributed by atoms with Crippen LogP contribution in [0.25, 0.3) is 33.4 Å². The number of hydrogen-bond acceptors (Lipinski definition) is 3. The molecule has 0 saturated carbocycles. The van der Waals surface area contributed by atoms with E-state index in [1.807, 2.05) is 72.8 Å². The summed E-state index contributed by atoms with van der Waals surface area (Å²) in [6, 6.07) is 56.2. The fourth-order valence-corrected chi connectivity index (χ4v) is 9.20. The van der Waals surface area contributed by atoms with E-state index in [-0.39, 0.29) is 0 Å². The van der Waals surface area contributed by atoms with Crippen LogP contribution in [-0.2, 0) is 0 Å². The molecule has 6 rings (SSSR count). The maximum atomic E-state index is 9.18. The lowest BCUT2D eigenvalue weighted by Gasteiger charge is -2.30. The molecule has 0 fully saturated rings. The molecule has 0 bridgehead atoms. The lowest BCUT2D eigenvalue weighted by Crippen LogP contribution is -2.64. The summed E-state index contributed by atoms with van der Waals surface area (Å²) >= 11 is 0. The Hall–Kier alpha value is -5.99. The van der Waals surface area contributed by atoms with Crippen molar-refractivity contribution in [3.05, 3.63) is 162 Å². The molecule has 0 spiro atoms. The zero-order valence-corrected chi connectivity index (χ0v) is 25.2. The molecule has 0 atom stereocenters. The Labute approximate surface area is 259 Å². The summed E-state index contributed by atoms with van der Waals surface area (Å²) in [7, 11) is -2.42. The maximum Gasteiger partial charge on any atom is 0.145 e. The monoisotopic (exact) mass is 577 g/mol. The Morgan fingerprint density at radius 2 is 0.500 bits per heavy atom. The van der Waals surface area contributed by atoms with E-state index in [2.05, 4.69) is 97.6 Å². The topological polar surface area (TPSA) is 71.4 Å². The zero-order valence-electron chi connectivity index (χ0n) is 24.2. The lowest BCUT2D eigenvalue weighted by atomic mass is 10.0. The third kappa shape index (κ3) is 5.45. The summed E-state index contributed by atoms with van der Waals surface area (Å²) in [5.41, 5.74) is 8.54. The van der Waals surface area contributed by atoms with Gasteiger partial charge >= 0.3 is 0 Å². The van der Waals surface area contributed by atoms with Crippen LogP contribution in [0.1, 0.15) is 16.7 Å². The fraction of sp³-hybridized carbons (Fsp3) is 0.0250. The van der Waals surface area contributed by atoms with Gasteiger partial charge < -0.3 is 0 Å². The number of benzene rings is 6. The van der Waals surface area contributed by atoms with E-state index in [9.17, 15) is 15.8 Å². The molecule has 4 heteroatoms. The summed E-state index contributed by atoms with van der Waals surface area (Å²) in [5, 5.41) is 31.4. The first-order valence-electron chi connectivity index (χ1n) is 14.3. The predicted octanol–water partition coefficient (Wildman–Crippen LogP) is 7.40. The summed E-state index contributed by atoms with van der Waals surface area (Å²) in [6.45, 7) is 2.40. The molecular weight excluding hydrogens is 551 g/mol. The van der Waals surface area contributed by atoms with E-state index in [1.165, 1.54) is 15.6 Å². The minimum Gasteiger partial charge on any atom is -0.192 e. The third-order valence-electron chi connectivity index (χ3n) is 8.43. The fourth-order valence-electron chi connectivity index (χ4n) is 5.70. The molecule has 0 aromatic heterocycles. The van der Waals surface area contributed by atoms with Crippen molar-refractivity contribution >= 4 is 23.6 Å². The van der Waals surface area contributed by atoms with Crippen molar-refractivity contribution in [2.45, 2.75) is 6.55 Å². The van der Waals surface area contributed by atoms with Gasteiger partial charge in [0.05, 0.1) is 34.9 Å². The lowest BCUT2D eigenvalue weighted by molar-refractivity contribution is 1.48. The molecule has 0 heterocycles. The third-order valence-corrected chi connectivity index (χ3v) is 12.9. The Morgan fingerprint density at radius 1 is 0.318 bits per heavy atom. The molecule has 3 nitrogen and oxygen atoms in total. The Kier molecular flexibility index (Phi) is 7.73. The first-order chi connectivity index (χ1) is 21.5. The molecule has 206 valence electrons. The second-order valence-corrected chi connectivity index (χ2v) is 14.9. The molecule has 44 heavy (non-hydrogen) atoms. The van der Waals surface area contributed by atoms with Gasteiger partial charge in [-0.05, 0) is 85.3 Å². The van der Waals surface area contributed by atoms with Gasteiger partial charge in [0.15, 0.2) is 0 Å². The molecule has 6 aromatic carbocycles. The predicted molar refractivity (Wildman–Crippen MR) is 180 cm³/mol. The second kappa shape index (κ2) is 12.1. The first-order valence-corrected chi connectivity index (χ1v) is 16.8. The van der Waals surface area contributed by atoms with Gasteiger partial charge in [-0.15, -0.1) is 0 Å². The molecule has 0 aliphatic rings. The van der Waals surface area contributed by atoms with E-state index in [0.717, 1.165) is 33.4 Å². The minimum atomic E-state index is -2.42. The average molecular weight is 578 g/mol. The summed E-state index contributed by atoms with van der Waals surface area (Å²) < 4.78 is 0. The SMILES string of the molecule is C[Si](c1ccc(-c2ccc(C#N)cc2)cc1)(c1ccc(-c2ccc(C#N)cc2)cc1)c1ccc(-c2ccc(C#N)cc2)cc1. The van der Waals surface area contributed by atoms with Crippen LogP contribution in [-0.4, -0.2) is 8.07 Å². The highest BCUT2D eigenvalue weighted by Crippen LogP contribution is 2.23. The molecule has 0 aliphatic carbocycles. The van der Waals surface area contributed by atoms with Crippen LogP contribution in [0.2, 0.25) is 6.55 Å². The van der Waals surface area contributed by atoms with Crippen molar-refractivity contribution in [2.75, 3.05) is 0 Å². The normalized spacial score (nSPS) is 10.8. The van der Waals surface area contributed by atoms with Crippen molar-refractivity contribution < 1.29 is 0 Å². The van der Waals surface area contributed by atoms with Crippen molar-refractivity contribution in [1.82, 2.24) is 0 Å². The van der Waals surface area contributed by atoms with Crippen LogP contribution in [0.15, 0.2) is 146 Å². The number of hydrogen-bond donors (Lipinski definition) is 0. The molecule has 0 aliphatic heterocycles. The van der Waals surface area contributed by atoms with Gasteiger partial charge in [0.25, 0.3) is 0 Å². The summed E-state index contributed by atoms with van der Waals surface area (Å²) in [4.78, 5) is 0. The van der Waals surface area contributed by atoms with E-state index in [4.69, 9.17) is 0 Å². The van der Waals surface area contributed by atoms with Crippen molar-refractivity contribution in [3.63, 3.8) is 0 Å². The van der Waals surface area contributed by atoms with Gasteiger partial charge in [-0.1, -0.05) is 116 Å². The molecular formula is C40H27N3Si. The standard InChI is InChI=1S/C40H27N3Si/c1-44(38-20-14-35(15-21-38)32-8-2-29(26-41)3-9-32,39-22-16-36(17-23-39)33-10-4-30(27-42)5-11-33)40-24-18-37(19-25-40)34-12-6-31(28-43)7-13-34/h2-25H,1H3. The van der Waals surface area contributed by atoms with Gasteiger partial charge in [0.2, 0.25) is 0 Å². The van der Waals surface area contributed by atoms with E-state index >= 15 is 0 Å². The van der Waals surface area contributed by atoms with E-state index in [1.54, 1.807) is 0 Å². The second-order valence-electron chi connectivity index (χ2n) is 10.9. The summed E-state index contributed by atoms with van der Waals surface area (Å²) in [5.74, 6) is 0. The molecule has 6 aromatic rings. The van der Waals surface area contributed by atoms with E-state index in [0.29, 0.717) is 16.7 Å². The van der Waals surface area contributed by atoms with E-state index < -0.39 is 8.07 Å². The molecule has 0 saturated heterocycles. The Morgan fingerprint density at radius 3 is 0.682 bits per heavy atom. The Bertz CT molecular complexity index is 1800. The van der Waals surface area contributed by atoms with Crippen LogP contribution < -0.4 is 15.6 Å². The van der Waals surface area contributed by atoms with Gasteiger partial charge in [-0.3, -0.25) is 0 Å². The molecule has 0 unspecified atom stereocenters. The maximum absolute atomic E-state index is 9.18. The highest BCUT2D eigenvalue weighted by Gasteiger charge is 2.34. The first kappa shape index (κ1) is 28.1. The van der Waals surface area contributed by atoms with Crippen molar-refractivity contribution in [2.24, 2.45) is 0 Å². The number of nitrogens with zero attached hydrogens (tertiary/aromatic N) is 3. The highest BCUT2D eigenvalue weighted by atomic mass is 28.3. The van der Waals surface area contributed by atoms with Crippen LogP contribution in [0.3, 0.4) is 0 Å². The van der Waals surface area contributed by atoms with Gasteiger partial charge in [-0.2, -0.15) is 15.8 Å². The number of rotatable bonds is 6. The average Bonchev–Trinajstić information content (AvgIpc) is 3.11. The number of nitriles is 3. The van der Waals surface area contributed by atoms with Gasteiger partial charge in [-0.25, -0.2) is 0 Å². The molecule has 0 N–H and O–H groups in total. The highest BCUT2D eigenvalue weighted by molar-refractivity contribution is 7.10. The Balaban J connectivity index is 1.40. The van der Waals surface area contributed by atoms with Crippen molar-refractivity contribution in [1.29, 1.82) is 15.8 Å². The van der Waals surface area contributed by atoms with Crippen LogP contribution in [0.5, 0.6) is 0 Å². The van der Waals surface area contributed by atoms with Crippen LogP contribution >= 0.6 is 0 Å². The van der Waals surface area contributed by atoms with Crippen molar-refractivity contribution in [3.8, 4) is 51.6 Å². The summed E-state index contributed by atoms with van der Waals surface area (Å²) in [6.07, 6.45) is 0. The van der Waals surface area contributed by atoms with Gasteiger partial charge in [0.1, 0.15) is 8.07 Å². The van der Waals surface area contributed by atoms with Crippen LogP contribution in [0.4, 0.5) is 0 Å². The minimum absolute atomic E-state index is 0.652. The van der Waals surface area contributed by atoms with Crippen LogP contribution in [0, 0.1) is 34.0 Å². The van der Waals surface area contributed by atoms with Gasteiger partial charge in [0, 0.05) is 0 Å². The quantitative estimate of drug-likeness (QED) is 0.153. The largest absolute Gasteiger partial charge is 0.192 e. The smallest absolute Gasteiger partial charge is 0.145 e. The zero-order chi connectivity index (χ0) is 30.5. The molecule has 0 amide bonds. The molecule has 0 radical (unpaired) electrons.